The van der Waals surface area contributed by atoms with E-state index in [1.807, 2.05) is 20.8 Å². The van der Waals surface area contributed by atoms with Gasteiger partial charge in [0.2, 0.25) is 0 Å². The highest BCUT2D eigenvalue weighted by Gasteiger charge is 2.21. The quantitative estimate of drug-likeness (QED) is 0.801. The van der Waals surface area contributed by atoms with Crippen LogP contribution in [-0.4, -0.2) is 29.4 Å². The first-order valence-corrected chi connectivity index (χ1v) is 6.92. The van der Waals surface area contributed by atoms with Crippen molar-refractivity contribution in [1.29, 1.82) is 0 Å². The van der Waals surface area contributed by atoms with Crippen LogP contribution >= 0.6 is 12.2 Å². The van der Waals surface area contributed by atoms with Crippen molar-refractivity contribution in [3.05, 3.63) is 10.6 Å². The Morgan fingerprint density at radius 2 is 2.00 bits per heavy atom. The van der Waals surface area contributed by atoms with E-state index in [-0.39, 0.29) is 11.3 Å². The maximum Gasteiger partial charge on any atom is 0.195 e. The number of rotatable bonds is 2. The molecule has 0 amide bonds. The van der Waals surface area contributed by atoms with Crippen molar-refractivity contribution in [3.8, 4) is 0 Å². The first-order valence-electron chi connectivity index (χ1n) is 4.46. The lowest BCUT2D eigenvalue weighted by Crippen LogP contribution is -2.25. The zero-order chi connectivity index (χ0) is 11.9. The molecule has 1 aromatic rings. The minimum Gasteiger partial charge on any atom is -0.298 e. The third kappa shape index (κ3) is 3.13. The number of hydrogen-bond acceptors (Lipinski definition) is 4. The van der Waals surface area contributed by atoms with Crippen LogP contribution in [0.5, 0.6) is 0 Å². The molecule has 1 rings (SSSR count). The third-order valence-electron chi connectivity index (χ3n) is 1.80. The summed E-state index contributed by atoms with van der Waals surface area (Å²) in [6, 6.07) is 0. The minimum absolute atomic E-state index is 0.0998. The molecule has 0 saturated carbocycles. The number of H-pyrrole nitrogens is 1. The molecule has 0 aliphatic heterocycles. The molecule has 15 heavy (non-hydrogen) atoms. The standard InChI is InChI=1S/C8H15N3O2S2/c1-8(2,3)11-6(5-15(4,12)13)9-10-7(11)14/h5H2,1-4H3,(H,10,14). The first kappa shape index (κ1) is 12.4. The molecule has 1 heterocycles. The van der Waals surface area contributed by atoms with Gasteiger partial charge in [0.25, 0.3) is 0 Å². The summed E-state index contributed by atoms with van der Waals surface area (Å²) in [6.07, 6.45) is 1.18. The molecule has 0 radical (unpaired) electrons. The van der Waals surface area contributed by atoms with Gasteiger partial charge in [0.1, 0.15) is 11.6 Å². The van der Waals surface area contributed by atoms with E-state index < -0.39 is 9.84 Å². The predicted molar refractivity (Wildman–Crippen MR) is 61.0 cm³/mol. The number of nitrogens with one attached hydrogen (secondary N) is 1. The number of hydrogen-bond donors (Lipinski definition) is 1. The van der Waals surface area contributed by atoms with Gasteiger partial charge >= 0.3 is 0 Å². The number of sulfone groups is 1. The Kier molecular flexibility index (Phi) is 3.06. The van der Waals surface area contributed by atoms with E-state index in [0.29, 0.717) is 10.6 Å². The van der Waals surface area contributed by atoms with E-state index >= 15 is 0 Å². The van der Waals surface area contributed by atoms with Gasteiger partial charge < -0.3 is 0 Å². The van der Waals surface area contributed by atoms with E-state index in [0.717, 1.165) is 0 Å². The van der Waals surface area contributed by atoms with Crippen LogP contribution < -0.4 is 0 Å². The summed E-state index contributed by atoms with van der Waals surface area (Å²) in [5.41, 5.74) is -0.274. The van der Waals surface area contributed by atoms with Crippen molar-refractivity contribution in [2.75, 3.05) is 6.26 Å². The lowest BCUT2D eigenvalue weighted by molar-refractivity contribution is 0.381. The highest BCUT2D eigenvalue weighted by molar-refractivity contribution is 7.89. The summed E-state index contributed by atoms with van der Waals surface area (Å²) < 4.78 is 24.5. The number of nitrogens with zero attached hydrogens (tertiary/aromatic N) is 2. The Labute approximate surface area is 94.4 Å². The molecular formula is C8H15N3O2S2. The van der Waals surface area contributed by atoms with Crippen molar-refractivity contribution < 1.29 is 8.42 Å². The average molecular weight is 249 g/mol. The Bertz CT molecular complexity index is 505. The van der Waals surface area contributed by atoms with Crippen molar-refractivity contribution in [3.63, 3.8) is 0 Å². The fraction of sp³-hybridized carbons (Fsp3) is 0.750. The van der Waals surface area contributed by atoms with E-state index in [2.05, 4.69) is 10.2 Å². The monoisotopic (exact) mass is 249 g/mol. The van der Waals surface area contributed by atoms with Crippen LogP contribution in [0.3, 0.4) is 0 Å². The molecule has 86 valence electrons. The molecule has 0 saturated heterocycles. The zero-order valence-electron chi connectivity index (χ0n) is 9.23. The summed E-state index contributed by atoms with van der Waals surface area (Å²) in [4.78, 5) is 0. The Morgan fingerprint density at radius 3 is 2.40 bits per heavy atom. The second-order valence-corrected chi connectivity index (χ2v) is 7.05. The zero-order valence-corrected chi connectivity index (χ0v) is 10.9. The summed E-state index contributed by atoms with van der Waals surface area (Å²) in [6.45, 7) is 5.85. The predicted octanol–water partition coefficient (Wildman–Crippen LogP) is 1.24. The van der Waals surface area contributed by atoms with Gasteiger partial charge in [-0.15, -0.1) is 0 Å². The third-order valence-corrected chi connectivity index (χ3v) is 2.86. The smallest absolute Gasteiger partial charge is 0.195 e. The van der Waals surface area contributed by atoms with Crippen LogP contribution in [0.2, 0.25) is 0 Å². The van der Waals surface area contributed by atoms with E-state index in [9.17, 15) is 8.42 Å². The van der Waals surface area contributed by atoms with Crippen molar-refractivity contribution in [1.82, 2.24) is 14.8 Å². The Morgan fingerprint density at radius 1 is 1.47 bits per heavy atom. The number of aromatic amines is 1. The van der Waals surface area contributed by atoms with Gasteiger partial charge in [-0.1, -0.05) is 0 Å². The molecule has 7 heteroatoms. The van der Waals surface area contributed by atoms with E-state index in [4.69, 9.17) is 12.2 Å². The van der Waals surface area contributed by atoms with E-state index in [1.54, 1.807) is 4.57 Å². The van der Waals surface area contributed by atoms with Gasteiger partial charge in [0.05, 0.1) is 0 Å². The maximum atomic E-state index is 11.2. The van der Waals surface area contributed by atoms with Crippen LogP contribution in [0.4, 0.5) is 0 Å². The highest BCUT2D eigenvalue weighted by Crippen LogP contribution is 2.17. The second kappa shape index (κ2) is 3.71. The fourth-order valence-electron chi connectivity index (χ4n) is 1.35. The molecule has 0 atom stereocenters. The van der Waals surface area contributed by atoms with Gasteiger partial charge in [-0.05, 0) is 33.0 Å². The summed E-state index contributed by atoms with van der Waals surface area (Å²) in [7, 11) is -3.10. The molecule has 0 fully saturated rings. The van der Waals surface area contributed by atoms with Gasteiger partial charge in [-0.2, -0.15) is 5.10 Å². The Hall–Kier alpha value is -0.690. The molecule has 1 N–H and O–H groups in total. The van der Waals surface area contributed by atoms with Gasteiger partial charge in [-0.3, -0.25) is 9.67 Å². The van der Waals surface area contributed by atoms with Gasteiger partial charge in [-0.25, -0.2) is 8.42 Å². The Balaban J connectivity index is 3.28. The highest BCUT2D eigenvalue weighted by atomic mass is 32.2. The summed E-state index contributed by atoms with van der Waals surface area (Å²) >= 11 is 5.06. The lowest BCUT2D eigenvalue weighted by Gasteiger charge is -2.22. The van der Waals surface area contributed by atoms with Crippen molar-refractivity contribution >= 4 is 22.1 Å². The van der Waals surface area contributed by atoms with Crippen LogP contribution in [0.1, 0.15) is 26.6 Å². The maximum absolute atomic E-state index is 11.2. The molecule has 0 bridgehead atoms. The molecule has 0 aromatic carbocycles. The lowest BCUT2D eigenvalue weighted by atomic mass is 10.1. The summed E-state index contributed by atoms with van der Waals surface area (Å²) in [5.74, 6) is 0.354. The second-order valence-electron chi connectivity index (χ2n) is 4.52. The largest absolute Gasteiger partial charge is 0.298 e. The van der Waals surface area contributed by atoms with Crippen molar-refractivity contribution in [2.24, 2.45) is 0 Å². The molecular weight excluding hydrogens is 234 g/mol. The minimum atomic E-state index is -3.10. The molecule has 5 nitrogen and oxygen atoms in total. The molecule has 1 aromatic heterocycles. The topological polar surface area (TPSA) is 67.8 Å². The van der Waals surface area contributed by atoms with E-state index in [1.165, 1.54) is 6.26 Å². The van der Waals surface area contributed by atoms with Crippen molar-refractivity contribution in [2.45, 2.75) is 32.1 Å². The summed E-state index contributed by atoms with van der Waals surface area (Å²) in [5, 5.41) is 6.55. The van der Waals surface area contributed by atoms with Crippen LogP contribution in [0, 0.1) is 4.77 Å². The van der Waals surface area contributed by atoms with Crippen LogP contribution in [0.25, 0.3) is 0 Å². The van der Waals surface area contributed by atoms with Crippen LogP contribution in [-0.2, 0) is 21.1 Å². The normalized spacial score (nSPS) is 13.1. The molecule has 0 aliphatic rings. The molecule has 0 spiro atoms. The number of aromatic nitrogens is 3. The SMILES string of the molecule is CC(C)(C)n1c(CS(C)(=O)=O)n[nH]c1=S. The first-order chi connectivity index (χ1) is 6.61. The van der Waals surface area contributed by atoms with Gasteiger partial charge in [0, 0.05) is 11.8 Å². The van der Waals surface area contributed by atoms with Crippen LogP contribution in [0.15, 0.2) is 0 Å². The average Bonchev–Trinajstić information content (AvgIpc) is 2.25. The van der Waals surface area contributed by atoms with Gasteiger partial charge in [0.15, 0.2) is 14.6 Å². The molecule has 0 aliphatic carbocycles. The molecule has 0 unspecified atom stereocenters. The fourth-order valence-corrected chi connectivity index (χ4v) is 2.44.